The number of nitrogens with one attached hydrogen (secondary N) is 1. The molecular weight excluding hydrogens is 300 g/mol. The SMILES string of the molecule is CCCCCCCCC(=O)Nc1cccc(CN2CCOCC2)c1. The van der Waals surface area contributed by atoms with Gasteiger partial charge in [0.15, 0.2) is 0 Å². The third kappa shape index (κ3) is 7.45. The van der Waals surface area contributed by atoms with E-state index in [0.717, 1.165) is 51.4 Å². The van der Waals surface area contributed by atoms with E-state index in [2.05, 4.69) is 29.3 Å². The van der Waals surface area contributed by atoms with Crippen molar-refractivity contribution in [3.8, 4) is 0 Å². The first-order valence-electron chi connectivity index (χ1n) is 9.47. The number of benzene rings is 1. The van der Waals surface area contributed by atoms with E-state index in [1.54, 1.807) is 0 Å². The number of ether oxygens (including phenoxy) is 1. The van der Waals surface area contributed by atoms with E-state index in [4.69, 9.17) is 4.74 Å². The predicted molar refractivity (Wildman–Crippen MR) is 99.2 cm³/mol. The van der Waals surface area contributed by atoms with Crippen LogP contribution in [0.15, 0.2) is 24.3 Å². The molecule has 24 heavy (non-hydrogen) atoms. The summed E-state index contributed by atoms with van der Waals surface area (Å²) in [6.07, 6.45) is 7.88. The lowest BCUT2D eigenvalue weighted by atomic mass is 10.1. The number of hydrogen-bond acceptors (Lipinski definition) is 3. The normalized spacial score (nSPS) is 15.4. The Labute approximate surface area is 146 Å². The average molecular weight is 332 g/mol. The zero-order chi connectivity index (χ0) is 17.0. The fourth-order valence-corrected chi connectivity index (χ4v) is 3.05. The van der Waals surface area contributed by atoms with Crippen molar-refractivity contribution in [2.75, 3.05) is 31.6 Å². The molecule has 1 saturated heterocycles. The van der Waals surface area contributed by atoms with Gasteiger partial charge in [-0.1, -0.05) is 51.2 Å². The highest BCUT2D eigenvalue weighted by Gasteiger charge is 2.11. The Morgan fingerprint density at radius 1 is 1.12 bits per heavy atom. The second kappa shape index (κ2) is 11.2. The van der Waals surface area contributed by atoms with Crippen LogP contribution in [0.1, 0.15) is 57.4 Å². The molecule has 4 heteroatoms. The van der Waals surface area contributed by atoms with Gasteiger partial charge in [0.25, 0.3) is 0 Å². The van der Waals surface area contributed by atoms with Crippen molar-refractivity contribution in [1.82, 2.24) is 4.90 Å². The van der Waals surface area contributed by atoms with Crippen molar-refractivity contribution in [1.29, 1.82) is 0 Å². The van der Waals surface area contributed by atoms with Crippen LogP contribution in [0, 0.1) is 0 Å². The van der Waals surface area contributed by atoms with Gasteiger partial charge in [-0.2, -0.15) is 0 Å². The maximum Gasteiger partial charge on any atom is 0.224 e. The first-order chi connectivity index (χ1) is 11.8. The molecule has 0 unspecified atom stereocenters. The third-order valence-corrected chi connectivity index (χ3v) is 4.48. The fraction of sp³-hybridized carbons (Fsp3) is 0.650. The second-order valence-electron chi connectivity index (χ2n) is 6.65. The summed E-state index contributed by atoms with van der Waals surface area (Å²) < 4.78 is 5.38. The summed E-state index contributed by atoms with van der Waals surface area (Å²) >= 11 is 0. The first-order valence-corrected chi connectivity index (χ1v) is 9.47. The Kier molecular flexibility index (Phi) is 8.85. The highest BCUT2D eigenvalue weighted by Crippen LogP contribution is 2.15. The van der Waals surface area contributed by atoms with Gasteiger partial charge in [0.1, 0.15) is 0 Å². The number of hydrogen-bond donors (Lipinski definition) is 1. The van der Waals surface area contributed by atoms with Crippen molar-refractivity contribution < 1.29 is 9.53 Å². The lowest BCUT2D eigenvalue weighted by Gasteiger charge is -2.26. The molecule has 1 N–H and O–H groups in total. The van der Waals surface area contributed by atoms with Gasteiger partial charge in [0.05, 0.1) is 13.2 Å². The van der Waals surface area contributed by atoms with E-state index >= 15 is 0 Å². The Balaban J connectivity index is 1.69. The van der Waals surface area contributed by atoms with Crippen molar-refractivity contribution in [2.45, 2.75) is 58.4 Å². The minimum absolute atomic E-state index is 0.133. The van der Waals surface area contributed by atoms with Crippen LogP contribution >= 0.6 is 0 Å². The maximum atomic E-state index is 12.1. The van der Waals surface area contributed by atoms with E-state index in [1.807, 2.05) is 12.1 Å². The molecule has 0 aliphatic carbocycles. The lowest BCUT2D eigenvalue weighted by Crippen LogP contribution is -2.35. The van der Waals surface area contributed by atoms with Crippen LogP contribution in [0.4, 0.5) is 5.69 Å². The van der Waals surface area contributed by atoms with E-state index < -0.39 is 0 Å². The second-order valence-corrected chi connectivity index (χ2v) is 6.65. The number of morpholine rings is 1. The standard InChI is InChI=1S/C20H32N2O2/c1-2-3-4-5-6-7-11-20(23)21-19-10-8-9-18(16-19)17-22-12-14-24-15-13-22/h8-10,16H,2-7,11-15,17H2,1H3,(H,21,23). The van der Waals surface area contributed by atoms with Gasteiger partial charge in [0.2, 0.25) is 5.91 Å². The van der Waals surface area contributed by atoms with Crippen LogP contribution in [0.5, 0.6) is 0 Å². The molecular formula is C20H32N2O2. The van der Waals surface area contributed by atoms with Crippen LogP contribution in [0.2, 0.25) is 0 Å². The predicted octanol–water partition coefficient (Wildman–Crippen LogP) is 4.21. The molecule has 1 aliphatic heterocycles. The number of nitrogens with zero attached hydrogens (tertiary/aromatic N) is 1. The van der Waals surface area contributed by atoms with Gasteiger partial charge in [-0.05, 0) is 24.1 Å². The molecule has 2 rings (SSSR count). The summed E-state index contributed by atoms with van der Waals surface area (Å²) in [4.78, 5) is 14.5. The van der Waals surface area contributed by atoms with Crippen molar-refractivity contribution >= 4 is 11.6 Å². The van der Waals surface area contributed by atoms with Gasteiger partial charge in [-0.25, -0.2) is 0 Å². The topological polar surface area (TPSA) is 41.6 Å². The highest BCUT2D eigenvalue weighted by atomic mass is 16.5. The third-order valence-electron chi connectivity index (χ3n) is 4.48. The molecule has 0 atom stereocenters. The highest BCUT2D eigenvalue weighted by molar-refractivity contribution is 5.90. The Hall–Kier alpha value is -1.39. The summed E-state index contributed by atoms with van der Waals surface area (Å²) in [6.45, 7) is 6.73. The maximum absolute atomic E-state index is 12.1. The van der Waals surface area contributed by atoms with Gasteiger partial charge >= 0.3 is 0 Å². The number of amides is 1. The summed E-state index contributed by atoms with van der Waals surface area (Å²) in [5.74, 6) is 0.133. The number of unbranched alkanes of at least 4 members (excludes halogenated alkanes) is 5. The molecule has 1 aromatic carbocycles. The molecule has 134 valence electrons. The Morgan fingerprint density at radius 2 is 1.88 bits per heavy atom. The fourth-order valence-electron chi connectivity index (χ4n) is 3.05. The molecule has 1 aromatic rings. The average Bonchev–Trinajstić information content (AvgIpc) is 2.59. The number of carbonyl (C=O) groups is 1. The van der Waals surface area contributed by atoms with Crippen LogP contribution < -0.4 is 5.32 Å². The summed E-state index contributed by atoms with van der Waals surface area (Å²) in [5, 5.41) is 3.04. The molecule has 0 radical (unpaired) electrons. The monoisotopic (exact) mass is 332 g/mol. The molecule has 0 bridgehead atoms. The van der Waals surface area contributed by atoms with E-state index in [1.165, 1.54) is 31.2 Å². The minimum Gasteiger partial charge on any atom is -0.379 e. The van der Waals surface area contributed by atoms with Gasteiger partial charge in [-0.3, -0.25) is 9.69 Å². The van der Waals surface area contributed by atoms with Gasteiger partial charge in [0, 0.05) is 31.7 Å². The lowest BCUT2D eigenvalue weighted by molar-refractivity contribution is -0.116. The summed E-state index contributed by atoms with van der Waals surface area (Å²) in [6, 6.07) is 8.21. The molecule has 1 fully saturated rings. The van der Waals surface area contributed by atoms with Crippen LogP contribution in [-0.4, -0.2) is 37.1 Å². The van der Waals surface area contributed by atoms with Crippen molar-refractivity contribution in [3.05, 3.63) is 29.8 Å². The van der Waals surface area contributed by atoms with Crippen LogP contribution in [-0.2, 0) is 16.1 Å². The molecule has 1 heterocycles. The van der Waals surface area contributed by atoms with Gasteiger partial charge < -0.3 is 10.1 Å². The molecule has 0 spiro atoms. The largest absolute Gasteiger partial charge is 0.379 e. The zero-order valence-electron chi connectivity index (χ0n) is 15.1. The van der Waals surface area contributed by atoms with Gasteiger partial charge in [-0.15, -0.1) is 0 Å². The zero-order valence-corrected chi connectivity index (χ0v) is 15.1. The minimum atomic E-state index is 0.133. The quantitative estimate of drug-likeness (QED) is 0.653. The summed E-state index contributed by atoms with van der Waals surface area (Å²) in [5.41, 5.74) is 2.16. The molecule has 0 saturated carbocycles. The first kappa shape index (κ1) is 18.9. The Morgan fingerprint density at radius 3 is 2.67 bits per heavy atom. The number of carbonyl (C=O) groups excluding carboxylic acids is 1. The van der Waals surface area contributed by atoms with E-state index in [0.29, 0.717) is 6.42 Å². The van der Waals surface area contributed by atoms with E-state index in [-0.39, 0.29) is 5.91 Å². The Bertz CT molecular complexity index is 484. The van der Waals surface area contributed by atoms with E-state index in [9.17, 15) is 4.79 Å². The number of rotatable bonds is 10. The number of anilines is 1. The smallest absolute Gasteiger partial charge is 0.224 e. The molecule has 1 amide bonds. The summed E-state index contributed by atoms with van der Waals surface area (Å²) in [7, 11) is 0. The molecule has 1 aliphatic rings. The van der Waals surface area contributed by atoms with Crippen molar-refractivity contribution in [2.24, 2.45) is 0 Å². The van der Waals surface area contributed by atoms with Crippen LogP contribution in [0.3, 0.4) is 0 Å². The molecule has 4 nitrogen and oxygen atoms in total. The molecule has 0 aromatic heterocycles. The van der Waals surface area contributed by atoms with Crippen molar-refractivity contribution in [3.63, 3.8) is 0 Å². The van der Waals surface area contributed by atoms with Crippen LogP contribution in [0.25, 0.3) is 0 Å².